The molecular formula is C10H11N. The highest BCUT2D eigenvalue weighted by Crippen LogP contribution is 2.29. The van der Waals surface area contributed by atoms with Crippen molar-refractivity contribution in [1.82, 2.24) is 0 Å². The lowest BCUT2D eigenvalue weighted by Crippen LogP contribution is -1.82. The maximum absolute atomic E-state index is 5.55. The second-order valence-corrected chi connectivity index (χ2v) is 2.97. The van der Waals surface area contributed by atoms with E-state index < -0.39 is 0 Å². The summed E-state index contributed by atoms with van der Waals surface area (Å²) < 4.78 is 0. The summed E-state index contributed by atoms with van der Waals surface area (Å²) in [6, 6.07) is 7.99. The molecule has 1 aliphatic rings. The molecule has 0 heterocycles. The molecule has 1 saturated carbocycles. The molecule has 0 atom stereocenters. The first-order valence-electron chi connectivity index (χ1n) is 3.89. The van der Waals surface area contributed by atoms with E-state index in [1.54, 1.807) is 5.57 Å². The predicted molar refractivity (Wildman–Crippen MR) is 48.1 cm³/mol. The Morgan fingerprint density at radius 3 is 2.27 bits per heavy atom. The maximum atomic E-state index is 5.55. The average molecular weight is 145 g/mol. The highest BCUT2D eigenvalue weighted by Gasteiger charge is 2.09. The molecule has 1 aromatic carbocycles. The summed E-state index contributed by atoms with van der Waals surface area (Å²) >= 11 is 0. The topological polar surface area (TPSA) is 26.0 Å². The molecule has 0 amide bonds. The molecule has 0 aromatic heterocycles. The van der Waals surface area contributed by atoms with Crippen LogP contribution in [0.25, 0.3) is 6.08 Å². The zero-order valence-corrected chi connectivity index (χ0v) is 6.38. The number of allylic oxidation sites excluding steroid dienone is 1. The molecule has 1 heteroatoms. The first-order chi connectivity index (χ1) is 5.34. The SMILES string of the molecule is Nc1ccc(C=C2CC2)cc1. The summed E-state index contributed by atoms with van der Waals surface area (Å²) in [6.07, 6.45) is 4.80. The van der Waals surface area contributed by atoms with Gasteiger partial charge in [0.15, 0.2) is 0 Å². The number of nitrogen functional groups attached to an aromatic ring is 1. The number of hydrogen-bond donors (Lipinski definition) is 1. The molecule has 2 N–H and O–H groups in total. The van der Waals surface area contributed by atoms with Crippen LogP contribution in [0.15, 0.2) is 29.8 Å². The second kappa shape index (κ2) is 2.42. The largest absolute Gasteiger partial charge is 0.399 e. The normalized spacial score (nSPS) is 14.7. The van der Waals surface area contributed by atoms with Gasteiger partial charge in [0.2, 0.25) is 0 Å². The van der Waals surface area contributed by atoms with Crippen LogP contribution < -0.4 is 5.73 Å². The molecule has 0 unspecified atom stereocenters. The fourth-order valence-corrected chi connectivity index (χ4v) is 1.04. The Kier molecular flexibility index (Phi) is 1.42. The van der Waals surface area contributed by atoms with Gasteiger partial charge in [0.05, 0.1) is 0 Å². The van der Waals surface area contributed by atoms with Gasteiger partial charge in [-0.1, -0.05) is 23.8 Å². The fourth-order valence-electron chi connectivity index (χ4n) is 1.04. The van der Waals surface area contributed by atoms with Gasteiger partial charge in [0, 0.05) is 5.69 Å². The number of rotatable bonds is 1. The quantitative estimate of drug-likeness (QED) is 0.603. The molecule has 1 aliphatic carbocycles. The molecule has 1 fully saturated rings. The van der Waals surface area contributed by atoms with E-state index in [0.717, 1.165) is 5.69 Å². The van der Waals surface area contributed by atoms with E-state index in [-0.39, 0.29) is 0 Å². The summed E-state index contributed by atoms with van der Waals surface area (Å²) in [6.45, 7) is 0. The van der Waals surface area contributed by atoms with Crippen LogP contribution in [0.5, 0.6) is 0 Å². The van der Waals surface area contributed by atoms with Crippen molar-refractivity contribution < 1.29 is 0 Å². The first-order valence-corrected chi connectivity index (χ1v) is 3.89. The lowest BCUT2D eigenvalue weighted by Gasteiger charge is -1.93. The van der Waals surface area contributed by atoms with Gasteiger partial charge in [-0.15, -0.1) is 0 Å². The molecule has 0 saturated heterocycles. The number of benzene rings is 1. The van der Waals surface area contributed by atoms with Crippen LogP contribution in [-0.2, 0) is 0 Å². The maximum Gasteiger partial charge on any atom is 0.0314 e. The summed E-state index contributed by atoms with van der Waals surface area (Å²) in [5.41, 5.74) is 9.21. The van der Waals surface area contributed by atoms with E-state index in [4.69, 9.17) is 5.73 Å². The summed E-state index contributed by atoms with van der Waals surface area (Å²) in [7, 11) is 0. The molecule has 56 valence electrons. The Hall–Kier alpha value is -1.24. The van der Waals surface area contributed by atoms with E-state index in [1.807, 2.05) is 12.1 Å². The molecule has 2 rings (SSSR count). The van der Waals surface area contributed by atoms with Gasteiger partial charge < -0.3 is 5.73 Å². The summed E-state index contributed by atoms with van der Waals surface area (Å²) in [4.78, 5) is 0. The number of hydrogen-bond acceptors (Lipinski definition) is 1. The monoisotopic (exact) mass is 145 g/mol. The standard InChI is InChI=1S/C10H11N/c11-10-5-3-9(4-6-10)7-8-1-2-8/h3-7H,1-2,11H2. The highest BCUT2D eigenvalue weighted by atomic mass is 14.5. The van der Waals surface area contributed by atoms with Gasteiger partial charge in [0.25, 0.3) is 0 Å². The van der Waals surface area contributed by atoms with Crippen molar-refractivity contribution in [2.45, 2.75) is 12.8 Å². The van der Waals surface area contributed by atoms with E-state index in [2.05, 4.69) is 18.2 Å². The fraction of sp³-hybridized carbons (Fsp3) is 0.200. The minimum atomic E-state index is 0.836. The van der Waals surface area contributed by atoms with E-state index >= 15 is 0 Å². The zero-order chi connectivity index (χ0) is 7.68. The number of anilines is 1. The number of nitrogens with two attached hydrogens (primary N) is 1. The van der Waals surface area contributed by atoms with Crippen LogP contribution in [0.1, 0.15) is 18.4 Å². The zero-order valence-electron chi connectivity index (χ0n) is 6.38. The van der Waals surface area contributed by atoms with Crippen molar-refractivity contribution in [2.75, 3.05) is 5.73 Å². The molecule has 0 aliphatic heterocycles. The predicted octanol–water partition coefficient (Wildman–Crippen LogP) is 2.45. The molecule has 0 radical (unpaired) electrons. The van der Waals surface area contributed by atoms with Gasteiger partial charge in [-0.25, -0.2) is 0 Å². The average Bonchev–Trinajstić information content (AvgIpc) is 2.78. The third-order valence-electron chi connectivity index (χ3n) is 1.85. The Morgan fingerprint density at radius 2 is 1.73 bits per heavy atom. The summed E-state index contributed by atoms with van der Waals surface area (Å²) in [5.74, 6) is 0. The van der Waals surface area contributed by atoms with Crippen LogP contribution >= 0.6 is 0 Å². The van der Waals surface area contributed by atoms with E-state index in [1.165, 1.54) is 18.4 Å². The van der Waals surface area contributed by atoms with Crippen LogP contribution in [0.4, 0.5) is 5.69 Å². The lowest BCUT2D eigenvalue weighted by atomic mass is 10.2. The van der Waals surface area contributed by atoms with Gasteiger partial charge in [-0.05, 0) is 30.5 Å². The van der Waals surface area contributed by atoms with Crippen molar-refractivity contribution in [3.8, 4) is 0 Å². The van der Waals surface area contributed by atoms with Crippen LogP contribution in [0.2, 0.25) is 0 Å². The molecule has 11 heavy (non-hydrogen) atoms. The third kappa shape index (κ3) is 1.61. The Labute approximate surface area is 66.5 Å². The van der Waals surface area contributed by atoms with Crippen molar-refractivity contribution in [1.29, 1.82) is 0 Å². The van der Waals surface area contributed by atoms with Crippen molar-refractivity contribution in [3.63, 3.8) is 0 Å². The van der Waals surface area contributed by atoms with Crippen LogP contribution in [0.3, 0.4) is 0 Å². The van der Waals surface area contributed by atoms with Gasteiger partial charge >= 0.3 is 0 Å². The third-order valence-corrected chi connectivity index (χ3v) is 1.85. The Morgan fingerprint density at radius 1 is 1.09 bits per heavy atom. The van der Waals surface area contributed by atoms with Gasteiger partial charge in [-0.2, -0.15) is 0 Å². The van der Waals surface area contributed by atoms with Crippen molar-refractivity contribution in [3.05, 3.63) is 35.4 Å². The van der Waals surface area contributed by atoms with Crippen LogP contribution in [-0.4, -0.2) is 0 Å². The summed E-state index contributed by atoms with van der Waals surface area (Å²) in [5, 5.41) is 0. The van der Waals surface area contributed by atoms with Crippen LogP contribution in [0, 0.1) is 0 Å². The minimum absolute atomic E-state index is 0.836. The van der Waals surface area contributed by atoms with Crippen molar-refractivity contribution >= 4 is 11.8 Å². The molecule has 1 aromatic rings. The smallest absolute Gasteiger partial charge is 0.0314 e. The minimum Gasteiger partial charge on any atom is -0.399 e. The second-order valence-electron chi connectivity index (χ2n) is 2.97. The Bertz CT molecular complexity index is 276. The molecule has 1 nitrogen and oxygen atoms in total. The Balaban J connectivity index is 2.25. The van der Waals surface area contributed by atoms with E-state index in [0.29, 0.717) is 0 Å². The van der Waals surface area contributed by atoms with E-state index in [9.17, 15) is 0 Å². The van der Waals surface area contributed by atoms with Crippen molar-refractivity contribution in [2.24, 2.45) is 0 Å². The van der Waals surface area contributed by atoms with Gasteiger partial charge in [0.1, 0.15) is 0 Å². The lowest BCUT2D eigenvalue weighted by molar-refractivity contribution is 1.50. The van der Waals surface area contributed by atoms with Gasteiger partial charge in [-0.3, -0.25) is 0 Å². The molecular weight excluding hydrogens is 134 g/mol. The first kappa shape index (κ1) is 6.47. The molecule has 0 bridgehead atoms. The molecule has 0 spiro atoms. The highest BCUT2D eigenvalue weighted by molar-refractivity contribution is 5.58.